The number of amides is 2. The van der Waals surface area contributed by atoms with E-state index in [0.717, 1.165) is 29.8 Å². The number of halogens is 1. The molecule has 3 rings (SSSR count). The fraction of sp³-hybridized carbons (Fsp3) is 0.421. The minimum atomic E-state index is -0.451. The number of aromatic nitrogens is 2. The number of nitrogens with zero attached hydrogens (tertiary/aromatic N) is 3. The number of hydrogen-bond acceptors (Lipinski definition) is 4. The molecule has 1 aromatic heterocycles. The Morgan fingerprint density at radius 2 is 1.93 bits per heavy atom. The van der Waals surface area contributed by atoms with Crippen LogP contribution < -0.4 is 15.5 Å². The molecular formula is C19H26ClN5O2. The van der Waals surface area contributed by atoms with Crippen LogP contribution in [0.15, 0.2) is 36.7 Å². The minimum absolute atomic E-state index is 0. The molecule has 2 N–H and O–H groups in total. The molecule has 2 unspecified atom stereocenters. The Bertz CT molecular complexity index is 790. The molecule has 0 aliphatic carbocycles. The molecule has 0 radical (unpaired) electrons. The smallest absolute Gasteiger partial charge is 0.242 e. The molecule has 0 saturated carbocycles. The molecule has 0 bridgehead atoms. The van der Waals surface area contributed by atoms with Crippen molar-refractivity contribution in [2.75, 3.05) is 18.5 Å². The number of hydrogen-bond donors (Lipinski definition) is 2. The van der Waals surface area contributed by atoms with Gasteiger partial charge in [-0.25, -0.2) is 0 Å². The van der Waals surface area contributed by atoms with Crippen molar-refractivity contribution in [3.63, 3.8) is 0 Å². The third kappa shape index (κ3) is 4.67. The lowest BCUT2D eigenvalue weighted by Gasteiger charge is -2.21. The van der Waals surface area contributed by atoms with E-state index < -0.39 is 6.04 Å². The second-order valence-electron chi connectivity index (χ2n) is 6.64. The normalized spacial score (nSPS) is 16.0. The summed E-state index contributed by atoms with van der Waals surface area (Å²) < 4.78 is 1.68. The van der Waals surface area contributed by atoms with Gasteiger partial charge in [0.25, 0.3) is 0 Å². The summed E-state index contributed by atoms with van der Waals surface area (Å²) in [7, 11) is 3.58. The zero-order valence-corrected chi connectivity index (χ0v) is 16.6. The number of carbonyl (C=O) groups excluding carboxylic acids is 2. The lowest BCUT2D eigenvalue weighted by atomic mass is 10.1. The van der Waals surface area contributed by atoms with Crippen LogP contribution in [0.5, 0.6) is 0 Å². The summed E-state index contributed by atoms with van der Waals surface area (Å²) in [5, 5.41) is 10.2. The van der Waals surface area contributed by atoms with Crippen LogP contribution in [0.25, 0.3) is 0 Å². The van der Waals surface area contributed by atoms with Gasteiger partial charge in [-0.15, -0.1) is 12.4 Å². The van der Waals surface area contributed by atoms with E-state index in [2.05, 4.69) is 15.7 Å². The zero-order chi connectivity index (χ0) is 18.7. The van der Waals surface area contributed by atoms with Crippen LogP contribution in [-0.2, 0) is 16.6 Å². The van der Waals surface area contributed by atoms with Crippen molar-refractivity contribution in [2.24, 2.45) is 7.05 Å². The maximum Gasteiger partial charge on any atom is 0.242 e. The lowest BCUT2D eigenvalue weighted by molar-refractivity contribution is -0.123. The fourth-order valence-corrected chi connectivity index (χ4v) is 3.28. The van der Waals surface area contributed by atoms with Crippen molar-refractivity contribution in [1.82, 2.24) is 20.4 Å². The predicted molar refractivity (Wildman–Crippen MR) is 107 cm³/mol. The highest BCUT2D eigenvalue weighted by Gasteiger charge is 2.23. The van der Waals surface area contributed by atoms with Gasteiger partial charge in [0.1, 0.15) is 6.04 Å². The molecule has 1 aliphatic rings. The Hall–Kier alpha value is -2.38. The quantitative estimate of drug-likeness (QED) is 0.790. The molecule has 8 heteroatoms. The van der Waals surface area contributed by atoms with E-state index in [9.17, 15) is 9.59 Å². The molecule has 2 aromatic rings. The van der Waals surface area contributed by atoms with Gasteiger partial charge in [-0.3, -0.25) is 14.3 Å². The van der Waals surface area contributed by atoms with Crippen molar-refractivity contribution in [3.8, 4) is 0 Å². The number of likely N-dealkylation sites (N-methyl/N-ethyl adjacent to an activating group) is 1. The van der Waals surface area contributed by atoms with E-state index in [-0.39, 0.29) is 30.3 Å². The molecule has 2 atom stereocenters. The van der Waals surface area contributed by atoms with E-state index in [1.54, 1.807) is 17.9 Å². The predicted octanol–water partition coefficient (Wildman–Crippen LogP) is 2.11. The molecule has 0 spiro atoms. The Morgan fingerprint density at radius 3 is 2.44 bits per heavy atom. The monoisotopic (exact) mass is 391 g/mol. The van der Waals surface area contributed by atoms with Crippen LogP contribution in [0.3, 0.4) is 0 Å². The number of benzene rings is 1. The summed E-state index contributed by atoms with van der Waals surface area (Å²) in [6.45, 7) is 2.73. The first-order valence-corrected chi connectivity index (χ1v) is 8.86. The first kappa shape index (κ1) is 20.9. The molecule has 1 saturated heterocycles. The van der Waals surface area contributed by atoms with Crippen LogP contribution in [0, 0.1) is 0 Å². The SMILES string of the molecule is CNC(C(=O)NC(C)c1ccc(N2CCCC2=O)cc1)c1cnn(C)c1.Cl. The van der Waals surface area contributed by atoms with Crippen molar-refractivity contribution >= 4 is 29.9 Å². The average molecular weight is 392 g/mol. The Kier molecular flexibility index (Phi) is 6.98. The van der Waals surface area contributed by atoms with Crippen molar-refractivity contribution in [1.29, 1.82) is 0 Å². The highest BCUT2D eigenvalue weighted by molar-refractivity contribution is 5.95. The summed E-state index contributed by atoms with van der Waals surface area (Å²) in [5.74, 6) is 0.0687. The summed E-state index contributed by atoms with van der Waals surface area (Å²) in [5.41, 5.74) is 2.73. The van der Waals surface area contributed by atoms with Gasteiger partial charge >= 0.3 is 0 Å². The summed E-state index contributed by atoms with van der Waals surface area (Å²) >= 11 is 0. The van der Waals surface area contributed by atoms with Crippen molar-refractivity contribution < 1.29 is 9.59 Å². The first-order valence-electron chi connectivity index (χ1n) is 8.86. The molecular weight excluding hydrogens is 366 g/mol. The molecule has 1 aromatic carbocycles. The summed E-state index contributed by atoms with van der Waals surface area (Å²) in [6, 6.07) is 7.22. The molecule has 2 heterocycles. The van der Waals surface area contributed by atoms with Gasteiger partial charge in [0, 0.05) is 37.5 Å². The highest BCUT2D eigenvalue weighted by atomic mass is 35.5. The van der Waals surface area contributed by atoms with E-state index in [4.69, 9.17) is 0 Å². The largest absolute Gasteiger partial charge is 0.348 e. The number of nitrogens with one attached hydrogen (secondary N) is 2. The second kappa shape index (κ2) is 9.01. The molecule has 146 valence electrons. The fourth-order valence-electron chi connectivity index (χ4n) is 3.28. The third-order valence-electron chi connectivity index (χ3n) is 4.75. The van der Waals surface area contributed by atoms with Gasteiger partial charge < -0.3 is 15.5 Å². The van der Waals surface area contributed by atoms with Gasteiger partial charge in [0.2, 0.25) is 11.8 Å². The second-order valence-corrected chi connectivity index (χ2v) is 6.64. The van der Waals surface area contributed by atoms with Gasteiger partial charge in [-0.1, -0.05) is 12.1 Å². The molecule has 2 amide bonds. The summed E-state index contributed by atoms with van der Waals surface area (Å²) in [6.07, 6.45) is 5.04. The third-order valence-corrected chi connectivity index (χ3v) is 4.75. The van der Waals surface area contributed by atoms with Gasteiger partial charge in [-0.2, -0.15) is 5.10 Å². The summed E-state index contributed by atoms with van der Waals surface area (Å²) in [4.78, 5) is 26.3. The van der Waals surface area contributed by atoms with Crippen LogP contribution in [0.1, 0.15) is 43.0 Å². The first-order chi connectivity index (χ1) is 12.5. The van der Waals surface area contributed by atoms with E-state index in [1.165, 1.54) is 0 Å². The minimum Gasteiger partial charge on any atom is -0.348 e. The van der Waals surface area contributed by atoms with E-state index in [0.29, 0.717) is 6.42 Å². The Labute approximate surface area is 165 Å². The topological polar surface area (TPSA) is 79.3 Å². The van der Waals surface area contributed by atoms with Gasteiger partial charge in [-0.05, 0) is 38.1 Å². The van der Waals surface area contributed by atoms with Gasteiger partial charge in [0.15, 0.2) is 0 Å². The maximum absolute atomic E-state index is 12.6. The van der Waals surface area contributed by atoms with E-state index in [1.807, 2.05) is 49.3 Å². The van der Waals surface area contributed by atoms with Gasteiger partial charge in [0.05, 0.1) is 12.2 Å². The lowest BCUT2D eigenvalue weighted by Crippen LogP contribution is -2.37. The number of anilines is 1. The van der Waals surface area contributed by atoms with Crippen molar-refractivity contribution in [3.05, 3.63) is 47.8 Å². The standard InChI is InChI=1S/C19H25N5O2.ClH/c1-13(22-19(26)18(20-2)15-11-21-23(3)12-15)14-6-8-16(9-7-14)24-10-4-5-17(24)25;/h6-9,11-13,18,20H,4-5,10H2,1-3H3,(H,22,26);1H. The van der Waals surface area contributed by atoms with Crippen LogP contribution in [0.2, 0.25) is 0 Å². The molecule has 1 aliphatic heterocycles. The molecule has 7 nitrogen and oxygen atoms in total. The highest BCUT2D eigenvalue weighted by Crippen LogP contribution is 2.24. The zero-order valence-electron chi connectivity index (χ0n) is 15.8. The van der Waals surface area contributed by atoms with Crippen LogP contribution >= 0.6 is 12.4 Å². The number of carbonyl (C=O) groups is 2. The van der Waals surface area contributed by atoms with Crippen molar-refractivity contribution in [2.45, 2.75) is 31.8 Å². The van der Waals surface area contributed by atoms with Crippen LogP contribution in [0.4, 0.5) is 5.69 Å². The maximum atomic E-state index is 12.6. The number of aryl methyl sites for hydroxylation is 1. The average Bonchev–Trinajstić information content (AvgIpc) is 3.24. The van der Waals surface area contributed by atoms with E-state index >= 15 is 0 Å². The molecule has 1 fully saturated rings. The number of rotatable bonds is 6. The Balaban J connectivity index is 0.00000261. The van der Waals surface area contributed by atoms with Crippen LogP contribution in [-0.4, -0.2) is 35.2 Å². The Morgan fingerprint density at radius 1 is 1.22 bits per heavy atom. The molecule has 27 heavy (non-hydrogen) atoms.